The summed E-state index contributed by atoms with van der Waals surface area (Å²) in [4.78, 5) is 24.4. The van der Waals surface area contributed by atoms with Gasteiger partial charge in [-0.25, -0.2) is 0 Å². The Balaban J connectivity index is 2.76. The zero-order valence-electron chi connectivity index (χ0n) is 10.3. The highest BCUT2D eigenvalue weighted by atomic mass is 16.2. The lowest BCUT2D eigenvalue weighted by atomic mass is 10.0. The monoisotopic (exact) mass is 242 g/mol. The molecule has 0 bridgehead atoms. The van der Waals surface area contributed by atoms with E-state index in [1.807, 2.05) is 11.8 Å². The fraction of sp³-hybridized carbons (Fsp3) is 0.818. The lowest BCUT2D eigenvalue weighted by Gasteiger charge is -2.37. The second kappa shape index (κ2) is 6.56. The third-order valence-corrected chi connectivity index (χ3v) is 3.23. The second-order valence-corrected chi connectivity index (χ2v) is 4.45. The molecule has 2 amide bonds. The summed E-state index contributed by atoms with van der Waals surface area (Å²) in [5.41, 5.74) is 10.6. The maximum atomic E-state index is 11.4. The van der Waals surface area contributed by atoms with Crippen LogP contribution in [0.2, 0.25) is 0 Å². The number of hydrogen-bond donors (Lipinski definition) is 3. The summed E-state index contributed by atoms with van der Waals surface area (Å²) in [7, 11) is 0. The van der Waals surface area contributed by atoms with Crippen LogP contribution in [0.4, 0.5) is 0 Å². The van der Waals surface area contributed by atoms with E-state index in [0.29, 0.717) is 6.42 Å². The highest BCUT2D eigenvalue weighted by molar-refractivity contribution is 5.81. The van der Waals surface area contributed by atoms with Gasteiger partial charge in [-0.2, -0.15) is 0 Å². The number of amides is 2. The summed E-state index contributed by atoms with van der Waals surface area (Å²) in [6.45, 7) is 3.79. The van der Waals surface area contributed by atoms with E-state index in [9.17, 15) is 9.59 Å². The molecule has 6 heteroatoms. The summed E-state index contributed by atoms with van der Waals surface area (Å²) < 4.78 is 0. The standard InChI is InChI=1S/C11H22N4O2/c1-2-9(11(13)17)15(7-10(12)16)8-3-5-14-6-4-8/h8-9,14H,2-7H2,1H3,(H2,12,16)(H2,13,17). The molecule has 6 nitrogen and oxygen atoms in total. The van der Waals surface area contributed by atoms with Crippen molar-refractivity contribution in [2.24, 2.45) is 11.5 Å². The van der Waals surface area contributed by atoms with Crippen LogP contribution in [0, 0.1) is 0 Å². The van der Waals surface area contributed by atoms with Gasteiger partial charge in [0.25, 0.3) is 0 Å². The third kappa shape index (κ3) is 3.98. The molecule has 17 heavy (non-hydrogen) atoms. The Morgan fingerprint density at radius 2 is 1.94 bits per heavy atom. The van der Waals surface area contributed by atoms with Gasteiger partial charge in [0.2, 0.25) is 11.8 Å². The molecule has 0 radical (unpaired) electrons. The SMILES string of the molecule is CCC(C(N)=O)N(CC(N)=O)C1CCNCC1. The van der Waals surface area contributed by atoms with Gasteiger partial charge in [-0.05, 0) is 32.4 Å². The minimum Gasteiger partial charge on any atom is -0.369 e. The Bertz CT molecular complexity index is 277. The Kier molecular flexibility index (Phi) is 5.37. The van der Waals surface area contributed by atoms with Gasteiger partial charge in [-0.15, -0.1) is 0 Å². The van der Waals surface area contributed by atoms with E-state index in [2.05, 4.69) is 5.32 Å². The zero-order valence-corrected chi connectivity index (χ0v) is 10.3. The molecule has 1 atom stereocenters. The molecule has 0 aromatic heterocycles. The van der Waals surface area contributed by atoms with Crippen molar-refractivity contribution in [1.82, 2.24) is 10.2 Å². The van der Waals surface area contributed by atoms with Crippen LogP contribution in [0.5, 0.6) is 0 Å². The molecule has 98 valence electrons. The van der Waals surface area contributed by atoms with Gasteiger partial charge in [-0.3, -0.25) is 14.5 Å². The maximum absolute atomic E-state index is 11.4. The number of nitrogens with one attached hydrogen (secondary N) is 1. The molecule has 1 aliphatic heterocycles. The van der Waals surface area contributed by atoms with Crippen LogP contribution in [-0.2, 0) is 9.59 Å². The number of nitrogens with two attached hydrogens (primary N) is 2. The number of carbonyl (C=O) groups excluding carboxylic acids is 2. The topological polar surface area (TPSA) is 101 Å². The number of piperidine rings is 1. The highest BCUT2D eigenvalue weighted by Gasteiger charge is 2.30. The maximum Gasteiger partial charge on any atom is 0.234 e. The van der Waals surface area contributed by atoms with Gasteiger partial charge < -0.3 is 16.8 Å². The van der Waals surface area contributed by atoms with Crippen LogP contribution < -0.4 is 16.8 Å². The second-order valence-electron chi connectivity index (χ2n) is 4.45. The minimum absolute atomic E-state index is 0.103. The number of nitrogens with zero attached hydrogens (tertiary/aromatic N) is 1. The Morgan fingerprint density at radius 1 is 1.35 bits per heavy atom. The van der Waals surface area contributed by atoms with E-state index in [0.717, 1.165) is 25.9 Å². The summed E-state index contributed by atoms with van der Waals surface area (Å²) in [6.07, 6.45) is 2.43. The van der Waals surface area contributed by atoms with Gasteiger partial charge in [0.15, 0.2) is 0 Å². The van der Waals surface area contributed by atoms with E-state index in [1.165, 1.54) is 0 Å². The predicted octanol–water partition coefficient (Wildman–Crippen LogP) is -1.21. The van der Waals surface area contributed by atoms with E-state index in [1.54, 1.807) is 0 Å². The van der Waals surface area contributed by atoms with Gasteiger partial charge in [-0.1, -0.05) is 6.92 Å². The first kappa shape index (κ1) is 13.9. The largest absolute Gasteiger partial charge is 0.369 e. The van der Waals surface area contributed by atoms with Crippen LogP contribution >= 0.6 is 0 Å². The van der Waals surface area contributed by atoms with Crippen LogP contribution in [-0.4, -0.2) is 48.4 Å². The summed E-state index contributed by atoms with van der Waals surface area (Å²) in [6, 6.07) is -0.188. The Morgan fingerprint density at radius 3 is 2.35 bits per heavy atom. The molecule has 1 aliphatic rings. The molecular formula is C11H22N4O2. The molecule has 0 spiro atoms. The third-order valence-electron chi connectivity index (χ3n) is 3.23. The molecule has 0 aromatic carbocycles. The van der Waals surface area contributed by atoms with E-state index >= 15 is 0 Å². The fourth-order valence-corrected chi connectivity index (χ4v) is 2.41. The van der Waals surface area contributed by atoms with Crippen molar-refractivity contribution in [2.45, 2.75) is 38.3 Å². The molecule has 0 saturated carbocycles. The minimum atomic E-state index is -0.414. The van der Waals surface area contributed by atoms with Gasteiger partial charge >= 0.3 is 0 Å². The van der Waals surface area contributed by atoms with Crippen molar-refractivity contribution < 1.29 is 9.59 Å². The van der Waals surface area contributed by atoms with Crippen LogP contribution in [0.15, 0.2) is 0 Å². The normalized spacial score (nSPS) is 19.2. The Labute approximate surface area is 102 Å². The predicted molar refractivity (Wildman–Crippen MR) is 65.1 cm³/mol. The quantitative estimate of drug-likeness (QED) is 0.544. The van der Waals surface area contributed by atoms with Crippen LogP contribution in [0.3, 0.4) is 0 Å². The summed E-state index contributed by atoms with van der Waals surface area (Å²) in [5, 5.41) is 3.25. The van der Waals surface area contributed by atoms with Crippen molar-refractivity contribution in [1.29, 1.82) is 0 Å². The number of primary amides is 2. The van der Waals surface area contributed by atoms with Crippen molar-refractivity contribution in [2.75, 3.05) is 19.6 Å². The smallest absolute Gasteiger partial charge is 0.234 e. The fourth-order valence-electron chi connectivity index (χ4n) is 2.41. The molecule has 1 unspecified atom stereocenters. The zero-order chi connectivity index (χ0) is 12.8. The molecule has 0 aliphatic carbocycles. The van der Waals surface area contributed by atoms with Crippen LogP contribution in [0.1, 0.15) is 26.2 Å². The van der Waals surface area contributed by atoms with E-state index < -0.39 is 11.9 Å². The Hall–Kier alpha value is -1.14. The molecule has 0 aromatic rings. The molecule has 1 fully saturated rings. The average molecular weight is 242 g/mol. The first-order valence-electron chi connectivity index (χ1n) is 6.10. The first-order valence-corrected chi connectivity index (χ1v) is 6.10. The van der Waals surface area contributed by atoms with Crippen molar-refractivity contribution >= 4 is 11.8 Å². The number of hydrogen-bond acceptors (Lipinski definition) is 4. The van der Waals surface area contributed by atoms with E-state index in [-0.39, 0.29) is 18.5 Å². The van der Waals surface area contributed by atoms with Crippen molar-refractivity contribution in [3.8, 4) is 0 Å². The molecule has 1 heterocycles. The van der Waals surface area contributed by atoms with Crippen molar-refractivity contribution in [3.05, 3.63) is 0 Å². The molecule has 1 rings (SSSR count). The lowest BCUT2D eigenvalue weighted by molar-refractivity contribution is -0.127. The molecule has 5 N–H and O–H groups in total. The number of rotatable bonds is 6. The van der Waals surface area contributed by atoms with Gasteiger partial charge in [0.05, 0.1) is 12.6 Å². The molecular weight excluding hydrogens is 220 g/mol. The number of carbonyl (C=O) groups is 2. The first-order chi connectivity index (χ1) is 8.06. The van der Waals surface area contributed by atoms with Crippen molar-refractivity contribution in [3.63, 3.8) is 0 Å². The van der Waals surface area contributed by atoms with Crippen LogP contribution in [0.25, 0.3) is 0 Å². The molecule has 1 saturated heterocycles. The van der Waals surface area contributed by atoms with Gasteiger partial charge in [0, 0.05) is 6.04 Å². The summed E-state index contributed by atoms with van der Waals surface area (Å²) in [5.74, 6) is -0.796. The lowest BCUT2D eigenvalue weighted by Crippen LogP contribution is -2.54. The van der Waals surface area contributed by atoms with Gasteiger partial charge in [0.1, 0.15) is 0 Å². The van der Waals surface area contributed by atoms with E-state index in [4.69, 9.17) is 11.5 Å². The highest BCUT2D eigenvalue weighted by Crippen LogP contribution is 2.16. The summed E-state index contributed by atoms with van der Waals surface area (Å²) >= 11 is 0. The average Bonchev–Trinajstić information content (AvgIpc) is 2.29.